The summed E-state index contributed by atoms with van der Waals surface area (Å²) in [5.74, 6) is -0.920. The molecule has 2 aromatic carbocycles. The molecule has 6 heteroatoms. The van der Waals surface area contributed by atoms with Crippen LogP contribution < -0.4 is 15.5 Å². The number of rotatable bonds is 5. The van der Waals surface area contributed by atoms with Gasteiger partial charge in [0.1, 0.15) is 0 Å². The highest BCUT2D eigenvalue weighted by molar-refractivity contribution is 6.07. The summed E-state index contributed by atoms with van der Waals surface area (Å²) in [6.07, 6.45) is 4.43. The minimum atomic E-state index is -0.454. The van der Waals surface area contributed by atoms with Crippen molar-refractivity contribution < 1.29 is 14.4 Å². The molecule has 2 fully saturated rings. The zero-order valence-electron chi connectivity index (χ0n) is 17.2. The number of nitrogens with zero attached hydrogens (tertiary/aromatic N) is 1. The predicted octanol–water partition coefficient (Wildman–Crippen LogP) is 3.66. The fourth-order valence-electron chi connectivity index (χ4n) is 4.22. The van der Waals surface area contributed by atoms with E-state index in [1.54, 1.807) is 29.2 Å². The third kappa shape index (κ3) is 4.37. The molecular formula is C24H27N3O3. The second-order valence-corrected chi connectivity index (χ2v) is 8.23. The Bertz CT molecular complexity index is 948. The van der Waals surface area contributed by atoms with Gasteiger partial charge in [-0.05, 0) is 44.0 Å². The maximum atomic E-state index is 12.9. The van der Waals surface area contributed by atoms with Gasteiger partial charge in [-0.2, -0.15) is 0 Å². The third-order valence-electron chi connectivity index (χ3n) is 5.96. The van der Waals surface area contributed by atoms with Crippen molar-refractivity contribution in [3.63, 3.8) is 0 Å². The van der Waals surface area contributed by atoms with Crippen molar-refractivity contribution in [3.05, 3.63) is 59.7 Å². The topological polar surface area (TPSA) is 78.5 Å². The highest BCUT2D eigenvalue weighted by Crippen LogP contribution is 2.27. The number of carbonyl (C=O) groups is 3. The van der Waals surface area contributed by atoms with Gasteiger partial charge >= 0.3 is 0 Å². The summed E-state index contributed by atoms with van der Waals surface area (Å²) in [4.78, 5) is 39.7. The van der Waals surface area contributed by atoms with Crippen molar-refractivity contribution in [1.29, 1.82) is 0 Å². The van der Waals surface area contributed by atoms with Crippen LogP contribution in [0.5, 0.6) is 0 Å². The van der Waals surface area contributed by atoms with Crippen molar-refractivity contribution in [2.75, 3.05) is 16.8 Å². The van der Waals surface area contributed by atoms with Gasteiger partial charge in [-0.25, -0.2) is 0 Å². The van der Waals surface area contributed by atoms with Gasteiger partial charge in [0.15, 0.2) is 0 Å². The molecule has 2 aliphatic rings. The van der Waals surface area contributed by atoms with Gasteiger partial charge in [0.25, 0.3) is 5.91 Å². The lowest BCUT2D eigenvalue weighted by molar-refractivity contribution is -0.122. The van der Waals surface area contributed by atoms with E-state index >= 15 is 0 Å². The quantitative estimate of drug-likeness (QED) is 0.797. The highest BCUT2D eigenvalue weighted by atomic mass is 16.2. The van der Waals surface area contributed by atoms with E-state index < -0.39 is 5.92 Å². The number of carbonyl (C=O) groups excluding carboxylic acids is 3. The largest absolute Gasteiger partial charge is 0.349 e. The van der Waals surface area contributed by atoms with Crippen LogP contribution in [0, 0.1) is 12.8 Å². The van der Waals surface area contributed by atoms with Gasteiger partial charge in [0, 0.05) is 24.7 Å². The number of benzene rings is 2. The second kappa shape index (κ2) is 8.69. The molecule has 1 saturated carbocycles. The molecule has 30 heavy (non-hydrogen) atoms. The molecule has 1 aliphatic heterocycles. The minimum Gasteiger partial charge on any atom is -0.349 e. The fourth-order valence-corrected chi connectivity index (χ4v) is 4.22. The number of anilines is 2. The van der Waals surface area contributed by atoms with E-state index in [4.69, 9.17) is 0 Å². The van der Waals surface area contributed by atoms with Gasteiger partial charge in [0.2, 0.25) is 11.8 Å². The lowest BCUT2D eigenvalue weighted by Crippen LogP contribution is -2.34. The zero-order valence-corrected chi connectivity index (χ0v) is 17.2. The Morgan fingerprint density at radius 1 is 1.00 bits per heavy atom. The number of para-hydroxylation sites is 1. The Kier molecular flexibility index (Phi) is 5.84. The van der Waals surface area contributed by atoms with E-state index in [1.807, 2.05) is 31.2 Å². The first-order valence-electron chi connectivity index (χ1n) is 10.6. The first kappa shape index (κ1) is 20.1. The van der Waals surface area contributed by atoms with Crippen molar-refractivity contribution in [2.24, 2.45) is 5.92 Å². The summed E-state index contributed by atoms with van der Waals surface area (Å²) in [5, 5.41) is 5.95. The molecule has 0 unspecified atom stereocenters. The molecule has 1 atom stereocenters. The van der Waals surface area contributed by atoms with E-state index in [9.17, 15) is 14.4 Å². The fraction of sp³-hybridized carbons (Fsp3) is 0.375. The first-order chi connectivity index (χ1) is 14.5. The number of nitrogens with one attached hydrogen (secondary N) is 2. The van der Waals surface area contributed by atoms with Crippen LogP contribution >= 0.6 is 0 Å². The van der Waals surface area contributed by atoms with E-state index in [1.165, 1.54) is 0 Å². The first-order valence-corrected chi connectivity index (χ1v) is 10.6. The molecule has 1 aliphatic carbocycles. The van der Waals surface area contributed by atoms with Gasteiger partial charge in [-0.1, -0.05) is 42.7 Å². The Labute approximate surface area is 176 Å². The molecule has 2 aromatic rings. The molecule has 4 rings (SSSR count). The summed E-state index contributed by atoms with van der Waals surface area (Å²) in [6.45, 7) is 2.33. The zero-order chi connectivity index (χ0) is 21.1. The van der Waals surface area contributed by atoms with Crippen molar-refractivity contribution >= 4 is 29.1 Å². The minimum absolute atomic E-state index is 0.0636. The molecule has 0 bridgehead atoms. The number of aryl methyl sites for hydroxylation is 1. The Morgan fingerprint density at radius 3 is 2.43 bits per heavy atom. The van der Waals surface area contributed by atoms with E-state index in [0.29, 0.717) is 17.8 Å². The lowest BCUT2D eigenvalue weighted by atomic mass is 10.1. The SMILES string of the molecule is Cc1ccc(N2C[C@H](C(=O)Nc3ccccc3C(=O)NC3CCCC3)CC2=O)cc1. The van der Waals surface area contributed by atoms with E-state index in [-0.39, 0.29) is 30.2 Å². The normalized spacial score (nSPS) is 19.2. The lowest BCUT2D eigenvalue weighted by Gasteiger charge is -2.18. The Hall–Kier alpha value is -3.15. The third-order valence-corrected chi connectivity index (χ3v) is 5.96. The molecule has 2 N–H and O–H groups in total. The predicted molar refractivity (Wildman–Crippen MR) is 116 cm³/mol. The van der Waals surface area contributed by atoms with Crippen LogP contribution in [0.2, 0.25) is 0 Å². The van der Waals surface area contributed by atoms with Crippen LogP contribution in [-0.2, 0) is 9.59 Å². The average molecular weight is 405 g/mol. The Morgan fingerprint density at radius 2 is 1.70 bits per heavy atom. The molecule has 6 nitrogen and oxygen atoms in total. The van der Waals surface area contributed by atoms with E-state index in [2.05, 4.69) is 10.6 Å². The monoisotopic (exact) mass is 405 g/mol. The maximum absolute atomic E-state index is 12.9. The van der Waals surface area contributed by atoms with Crippen molar-refractivity contribution in [2.45, 2.75) is 45.1 Å². The van der Waals surface area contributed by atoms with Crippen LogP contribution in [-0.4, -0.2) is 30.3 Å². The standard InChI is InChI=1S/C24H27N3O3/c1-16-10-12-19(13-11-16)27-15-17(14-22(27)28)23(29)26-21-9-5-4-8-20(21)24(30)25-18-6-2-3-7-18/h4-5,8-13,17-18H,2-3,6-7,14-15H2,1H3,(H,25,30)(H,26,29)/t17-/m1/s1. The molecule has 0 aromatic heterocycles. The van der Waals surface area contributed by atoms with Gasteiger partial charge in [-0.15, -0.1) is 0 Å². The Balaban J connectivity index is 1.43. The van der Waals surface area contributed by atoms with E-state index in [0.717, 1.165) is 36.9 Å². The summed E-state index contributed by atoms with van der Waals surface area (Å²) in [7, 11) is 0. The summed E-state index contributed by atoms with van der Waals surface area (Å²) in [6, 6.07) is 14.9. The van der Waals surface area contributed by atoms with Crippen LogP contribution in [0.15, 0.2) is 48.5 Å². The summed E-state index contributed by atoms with van der Waals surface area (Å²) >= 11 is 0. The van der Waals surface area contributed by atoms with Crippen molar-refractivity contribution in [1.82, 2.24) is 5.32 Å². The van der Waals surface area contributed by atoms with Crippen LogP contribution in [0.3, 0.4) is 0 Å². The second-order valence-electron chi connectivity index (χ2n) is 8.23. The number of amides is 3. The summed E-state index contributed by atoms with van der Waals surface area (Å²) in [5.41, 5.74) is 2.86. The molecule has 0 radical (unpaired) electrons. The summed E-state index contributed by atoms with van der Waals surface area (Å²) < 4.78 is 0. The molecule has 3 amide bonds. The van der Waals surface area contributed by atoms with Gasteiger partial charge < -0.3 is 15.5 Å². The number of hydrogen-bond donors (Lipinski definition) is 2. The number of hydrogen-bond acceptors (Lipinski definition) is 3. The smallest absolute Gasteiger partial charge is 0.253 e. The molecule has 1 saturated heterocycles. The molecule has 1 heterocycles. The van der Waals surface area contributed by atoms with Crippen molar-refractivity contribution in [3.8, 4) is 0 Å². The molecular weight excluding hydrogens is 378 g/mol. The van der Waals surface area contributed by atoms with Crippen LogP contribution in [0.25, 0.3) is 0 Å². The van der Waals surface area contributed by atoms with Gasteiger partial charge in [0.05, 0.1) is 17.2 Å². The van der Waals surface area contributed by atoms with Crippen LogP contribution in [0.1, 0.15) is 48.0 Å². The average Bonchev–Trinajstić information content (AvgIpc) is 3.38. The highest BCUT2D eigenvalue weighted by Gasteiger charge is 2.35. The van der Waals surface area contributed by atoms with Gasteiger partial charge in [-0.3, -0.25) is 14.4 Å². The maximum Gasteiger partial charge on any atom is 0.253 e. The molecule has 0 spiro atoms. The van der Waals surface area contributed by atoms with Crippen LogP contribution in [0.4, 0.5) is 11.4 Å². The molecule has 156 valence electrons.